The van der Waals surface area contributed by atoms with E-state index in [4.69, 9.17) is 0 Å². The molecule has 1 aromatic heterocycles. The number of hydrogen-bond acceptors (Lipinski definition) is 2. The molecule has 1 N–H and O–H groups in total. The summed E-state index contributed by atoms with van der Waals surface area (Å²) in [6.07, 6.45) is 1.76. The summed E-state index contributed by atoms with van der Waals surface area (Å²) in [6, 6.07) is 1.92. The van der Waals surface area contributed by atoms with Crippen molar-refractivity contribution in [3.05, 3.63) is 12.3 Å². The molecule has 8 heavy (non-hydrogen) atoms. The average Bonchev–Trinajstić information content (AvgIpc) is 2.14. The van der Waals surface area contributed by atoms with Crippen LogP contribution < -0.4 is 5.32 Å². The summed E-state index contributed by atoms with van der Waals surface area (Å²) in [7, 11) is 3.77. The number of nitrogens with one attached hydrogen (secondary N) is 1. The van der Waals surface area contributed by atoms with Gasteiger partial charge in [0.15, 0.2) is 0 Å². The Hall–Kier alpha value is -0.990. The van der Waals surface area contributed by atoms with Gasteiger partial charge >= 0.3 is 0 Å². The molecule has 0 bridgehead atoms. The van der Waals surface area contributed by atoms with Gasteiger partial charge in [-0.2, -0.15) is 5.10 Å². The summed E-state index contributed by atoms with van der Waals surface area (Å²) < 4.78 is 1.78. The standard InChI is InChI=1S/C5H9N3/c1-6-5-3-4-7-8(5)2/h3-4,6H,1-2H3. The Morgan fingerprint density at radius 2 is 2.50 bits per heavy atom. The summed E-state index contributed by atoms with van der Waals surface area (Å²) in [5, 5.41) is 6.92. The minimum atomic E-state index is 1.03. The monoisotopic (exact) mass is 111 g/mol. The number of rotatable bonds is 1. The van der Waals surface area contributed by atoms with E-state index >= 15 is 0 Å². The van der Waals surface area contributed by atoms with Gasteiger partial charge in [-0.1, -0.05) is 0 Å². The van der Waals surface area contributed by atoms with Crippen molar-refractivity contribution in [2.75, 3.05) is 12.4 Å². The van der Waals surface area contributed by atoms with Crippen LogP contribution >= 0.6 is 0 Å². The van der Waals surface area contributed by atoms with E-state index in [0.717, 1.165) is 5.82 Å². The third-order valence-corrected chi connectivity index (χ3v) is 1.08. The normalized spacial score (nSPS) is 9.25. The second-order valence-corrected chi connectivity index (χ2v) is 1.59. The third-order valence-electron chi connectivity index (χ3n) is 1.08. The Morgan fingerprint density at radius 1 is 1.75 bits per heavy atom. The first-order valence-electron chi connectivity index (χ1n) is 2.50. The van der Waals surface area contributed by atoms with Gasteiger partial charge in [0.05, 0.1) is 6.20 Å². The first-order chi connectivity index (χ1) is 3.84. The average molecular weight is 111 g/mol. The van der Waals surface area contributed by atoms with Gasteiger partial charge in [0.25, 0.3) is 0 Å². The van der Waals surface area contributed by atoms with Gasteiger partial charge in [-0.25, -0.2) is 0 Å². The molecule has 0 aromatic carbocycles. The van der Waals surface area contributed by atoms with Gasteiger partial charge in [-0.05, 0) is 0 Å². The molecule has 0 aliphatic heterocycles. The quantitative estimate of drug-likeness (QED) is 0.570. The van der Waals surface area contributed by atoms with Crippen LogP contribution in [0.5, 0.6) is 0 Å². The zero-order valence-corrected chi connectivity index (χ0v) is 5.05. The lowest BCUT2D eigenvalue weighted by atomic mass is 10.6. The first-order valence-corrected chi connectivity index (χ1v) is 2.50. The van der Waals surface area contributed by atoms with Gasteiger partial charge < -0.3 is 5.32 Å². The van der Waals surface area contributed by atoms with Crippen molar-refractivity contribution in [1.29, 1.82) is 0 Å². The van der Waals surface area contributed by atoms with Crippen LogP contribution in [0.3, 0.4) is 0 Å². The lowest BCUT2D eigenvalue weighted by molar-refractivity contribution is 0.775. The summed E-state index contributed by atoms with van der Waals surface area (Å²) in [4.78, 5) is 0. The Labute approximate surface area is 48.3 Å². The molecule has 0 amide bonds. The predicted octanol–water partition coefficient (Wildman–Crippen LogP) is 0.462. The smallest absolute Gasteiger partial charge is 0.123 e. The minimum Gasteiger partial charge on any atom is -0.373 e. The van der Waals surface area contributed by atoms with E-state index in [9.17, 15) is 0 Å². The molecule has 0 aliphatic carbocycles. The highest BCUT2D eigenvalue weighted by atomic mass is 15.3. The van der Waals surface area contributed by atoms with Crippen LogP contribution in [0.15, 0.2) is 12.3 Å². The van der Waals surface area contributed by atoms with Crippen LogP contribution in [0.2, 0.25) is 0 Å². The van der Waals surface area contributed by atoms with E-state index in [1.54, 1.807) is 10.9 Å². The number of aromatic nitrogens is 2. The van der Waals surface area contributed by atoms with Crippen LogP contribution in [-0.2, 0) is 7.05 Å². The summed E-state index contributed by atoms with van der Waals surface area (Å²) >= 11 is 0. The van der Waals surface area contributed by atoms with E-state index in [1.165, 1.54) is 0 Å². The highest BCUT2D eigenvalue weighted by Crippen LogP contribution is 1.99. The summed E-state index contributed by atoms with van der Waals surface area (Å²) in [5.74, 6) is 1.03. The van der Waals surface area contributed by atoms with Crippen molar-refractivity contribution in [2.24, 2.45) is 7.05 Å². The molecule has 0 radical (unpaired) electrons. The molecular formula is C5H9N3. The summed E-state index contributed by atoms with van der Waals surface area (Å²) in [6.45, 7) is 0. The maximum atomic E-state index is 3.94. The van der Waals surface area contributed by atoms with Crippen LogP contribution in [-0.4, -0.2) is 16.8 Å². The maximum Gasteiger partial charge on any atom is 0.123 e. The Bertz CT molecular complexity index is 168. The fourth-order valence-corrected chi connectivity index (χ4v) is 0.619. The molecule has 3 heteroatoms. The van der Waals surface area contributed by atoms with Gasteiger partial charge in [-0.15, -0.1) is 0 Å². The van der Waals surface area contributed by atoms with E-state index in [1.807, 2.05) is 20.2 Å². The van der Waals surface area contributed by atoms with Crippen molar-refractivity contribution in [3.8, 4) is 0 Å². The first kappa shape index (κ1) is 5.15. The summed E-state index contributed by atoms with van der Waals surface area (Å²) in [5.41, 5.74) is 0. The van der Waals surface area contributed by atoms with E-state index in [-0.39, 0.29) is 0 Å². The lowest BCUT2D eigenvalue weighted by Gasteiger charge is -1.96. The van der Waals surface area contributed by atoms with Crippen LogP contribution in [0.1, 0.15) is 0 Å². The number of nitrogens with zero attached hydrogens (tertiary/aromatic N) is 2. The molecular weight excluding hydrogens is 102 g/mol. The number of anilines is 1. The fraction of sp³-hybridized carbons (Fsp3) is 0.400. The van der Waals surface area contributed by atoms with Gasteiger partial charge in [0.2, 0.25) is 0 Å². The minimum absolute atomic E-state index is 1.03. The SMILES string of the molecule is CNc1ccnn1C. The van der Waals surface area contributed by atoms with E-state index < -0.39 is 0 Å². The van der Waals surface area contributed by atoms with Crippen molar-refractivity contribution in [1.82, 2.24) is 9.78 Å². The molecule has 1 heterocycles. The fourth-order valence-electron chi connectivity index (χ4n) is 0.619. The number of aryl methyl sites for hydroxylation is 1. The molecule has 0 aliphatic rings. The molecule has 1 rings (SSSR count). The van der Waals surface area contributed by atoms with Gasteiger partial charge in [0.1, 0.15) is 5.82 Å². The molecule has 44 valence electrons. The van der Waals surface area contributed by atoms with Crippen LogP contribution in [0.4, 0.5) is 5.82 Å². The van der Waals surface area contributed by atoms with Gasteiger partial charge in [-0.3, -0.25) is 4.68 Å². The molecule has 0 atom stereocenters. The zero-order valence-electron chi connectivity index (χ0n) is 5.05. The van der Waals surface area contributed by atoms with Gasteiger partial charge in [0, 0.05) is 20.2 Å². The molecule has 0 saturated carbocycles. The second kappa shape index (κ2) is 1.86. The Balaban J connectivity index is 2.92. The Kier molecular flexibility index (Phi) is 1.20. The highest BCUT2D eigenvalue weighted by molar-refractivity contribution is 5.31. The van der Waals surface area contributed by atoms with Crippen molar-refractivity contribution in [2.45, 2.75) is 0 Å². The van der Waals surface area contributed by atoms with E-state index in [0.29, 0.717) is 0 Å². The topological polar surface area (TPSA) is 29.9 Å². The van der Waals surface area contributed by atoms with Crippen LogP contribution in [0.25, 0.3) is 0 Å². The highest BCUT2D eigenvalue weighted by Gasteiger charge is 1.88. The molecule has 0 spiro atoms. The maximum absolute atomic E-state index is 3.94. The van der Waals surface area contributed by atoms with Crippen molar-refractivity contribution < 1.29 is 0 Å². The third kappa shape index (κ3) is 0.665. The van der Waals surface area contributed by atoms with Crippen LogP contribution in [0, 0.1) is 0 Å². The molecule has 0 saturated heterocycles. The second-order valence-electron chi connectivity index (χ2n) is 1.59. The molecule has 3 nitrogen and oxygen atoms in total. The van der Waals surface area contributed by atoms with Crippen molar-refractivity contribution in [3.63, 3.8) is 0 Å². The lowest BCUT2D eigenvalue weighted by Crippen LogP contribution is -1.97. The largest absolute Gasteiger partial charge is 0.373 e. The van der Waals surface area contributed by atoms with Crippen molar-refractivity contribution >= 4 is 5.82 Å². The molecule has 1 aromatic rings. The Morgan fingerprint density at radius 3 is 2.75 bits per heavy atom. The van der Waals surface area contributed by atoms with E-state index in [2.05, 4.69) is 10.4 Å². The molecule has 0 fully saturated rings. The zero-order chi connectivity index (χ0) is 5.98. The molecule has 0 unspecified atom stereocenters. The number of hydrogen-bond donors (Lipinski definition) is 1. The predicted molar refractivity (Wildman–Crippen MR) is 32.8 cm³/mol.